The third-order valence-electron chi connectivity index (χ3n) is 4.66. The Morgan fingerprint density at radius 2 is 2.08 bits per heavy atom. The van der Waals surface area contributed by atoms with E-state index in [1.807, 2.05) is 60.3 Å². The van der Waals surface area contributed by atoms with Crippen molar-refractivity contribution in [3.8, 4) is 0 Å². The number of amides is 1. The first-order valence-corrected chi connectivity index (χ1v) is 9.48. The van der Waals surface area contributed by atoms with Crippen molar-refractivity contribution < 1.29 is 4.79 Å². The molecule has 0 saturated carbocycles. The molecule has 2 aromatic heterocycles. The normalized spacial score (nSPS) is 12.5. The van der Waals surface area contributed by atoms with Crippen LogP contribution in [0.5, 0.6) is 0 Å². The first-order valence-electron chi connectivity index (χ1n) is 8.69. The Bertz CT molecular complexity index is 1080. The van der Waals surface area contributed by atoms with Crippen molar-refractivity contribution in [1.82, 2.24) is 14.9 Å². The van der Waals surface area contributed by atoms with E-state index < -0.39 is 0 Å². The number of rotatable bonds is 5. The van der Waals surface area contributed by atoms with Gasteiger partial charge in [-0.15, -0.1) is 0 Å². The predicted molar refractivity (Wildman–Crippen MR) is 109 cm³/mol. The molecular weight excluding hydrogens is 390 g/mol. The van der Waals surface area contributed by atoms with E-state index in [-0.39, 0.29) is 11.9 Å². The maximum Gasteiger partial charge on any atom is 0.240 e. The van der Waals surface area contributed by atoms with E-state index in [4.69, 9.17) is 0 Å². The van der Waals surface area contributed by atoms with Crippen molar-refractivity contribution in [3.63, 3.8) is 0 Å². The molecule has 132 valence electrons. The van der Waals surface area contributed by atoms with Gasteiger partial charge in [0.15, 0.2) is 0 Å². The van der Waals surface area contributed by atoms with Crippen LogP contribution in [0.1, 0.15) is 12.5 Å². The smallest absolute Gasteiger partial charge is 0.240 e. The van der Waals surface area contributed by atoms with E-state index >= 15 is 0 Å². The molecule has 26 heavy (non-hydrogen) atoms. The second-order valence-electron chi connectivity index (χ2n) is 6.68. The number of nitrogens with one attached hydrogen (secondary N) is 2. The Balaban J connectivity index is 1.43. The number of halogens is 1. The van der Waals surface area contributed by atoms with Crippen LogP contribution in [-0.4, -0.2) is 21.5 Å². The van der Waals surface area contributed by atoms with Gasteiger partial charge in [0.1, 0.15) is 6.54 Å². The van der Waals surface area contributed by atoms with Crippen LogP contribution in [0.4, 0.5) is 0 Å². The second-order valence-corrected chi connectivity index (χ2v) is 7.59. The molecule has 0 spiro atoms. The summed E-state index contributed by atoms with van der Waals surface area (Å²) >= 11 is 3.49. The molecule has 4 nitrogen and oxygen atoms in total. The van der Waals surface area contributed by atoms with Gasteiger partial charge in [-0.1, -0.05) is 40.2 Å². The molecule has 0 aliphatic carbocycles. The van der Waals surface area contributed by atoms with Gasteiger partial charge in [0.25, 0.3) is 0 Å². The Morgan fingerprint density at radius 1 is 1.23 bits per heavy atom. The largest absolute Gasteiger partial charge is 0.361 e. The van der Waals surface area contributed by atoms with E-state index in [0.29, 0.717) is 6.54 Å². The van der Waals surface area contributed by atoms with Gasteiger partial charge >= 0.3 is 0 Å². The quantitative estimate of drug-likeness (QED) is 0.495. The molecule has 2 N–H and O–H groups in total. The Labute approximate surface area is 160 Å². The molecule has 1 atom stereocenters. The lowest BCUT2D eigenvalue weighted by Gasteiger charge is -2.14. The molecule has 1 unspecified atom stereocenters. The third kappa shape index (κ3) is 3.40. The van der Waals surface area contributed by atoms with Gasteiger partial charge in [0.05, 0.1) is 0 Å². The fourth-order valence-electron chi connectivity index (χ4n) is 3.45. The number of para-hydroxylation sites is 1. The minimum atomic E-state index is 0.0230. The predicted octanol–water partition coefficient (Wildman–Crippen LogP) is 4.63. The highest BCUT2D eigenvalue weighted by Gasteiger charge is 2.12. The van der Waals surface area contributed by atoms with Crippen molar-refractivity contribution in [2.75, 3.05) is 0 Å². The Morgan fingerprint density at radius 3 is 2.96 bits per heavy atom. The summed E-state index contributed by atoms with van der Waals surface area (Å²) in [7, 11) is 0. The zero-order valence-electron chi connectivity index (χ0n) is 14.5. The van der Waals surface area contributed by atoms with Crippen LogP contribution in [0.25, 0.3) is 21.8 Å². The van der Waals surface area contributed by atoms with Crippen molar-refractivity contribution in [2.45, 2.75) is 25.9 Å². The highest BCUT2D eigenvalue weighted by Crippen LogP contribution is 2.21. The lowest BCUT2D eigenvalue weighted by atomic mass is 10.1. The fraction of sp³-hybridized carbons (Fsp3) is 0.190. The summed E-state index contributed by atoms with van der Waals surface area (Å²) in [6.45, 7) is 2.36. The van der Waals surface area contributed by atoms with Gasteiger partial charge in [0, 0.05) is 39.3 Å². The van der Waals surface area contributed by atoms with E-state index in [2.05, 4.69) is 38.4 Å². The molecule has 0 aliphatic rings. The van der Waals surface area contributed by atoms with Crippen LogP contribution >= 0.6 is 15.9 Å². The average Bonchev–Trinajstić information content (AvgIpc) is 3.19. The molecule has 0 saturated heterocycles. The minimum absolute atomic E-state index is 0.0230. The summed E-state index contributed by atoms with van der Waals surface area (Å²) in [6.07, 6.45) is 4.79. The summed E-state index contributed by atoms with van der Waals surface area (Å²) in [5.74, 6) is 0.0230. The number of hydrogen-bond acceptors (Lipinski definition) is 1. The van der Waals surface area contributed by atoms with Crippen molar-refractivity contribution in [3.05, 3.63) is 71.0 Å². The van der Waals surface area contributed by atoms with Gasteiger partial charge in [0.2, 0.25) is 5.91 Å². The number of nitrogens with zero attached hydrogens (tertiary/aromatic N) is 1. The van der Waals surface area contributed by atoms with Crippen molar-refractivity contribution in [2.24, 2.45) is 0 Å². The number of aromatic amines is 1. The topological polar surface area (TPSA) is 49.8 Å². The summed E-state index contributed by atoms with van der Waals surface area (Å²) in [5, 5.41) is 5.46. The molecule has 4 rings (SSSR count). The summed E-state index contributed by atoms with van der Waals surface area (Å²) in [5.41, 5.74) is 3.41. The number of benzene rings is 2. The maximum atomic E-state index is 12.5. The van der Waals surface area contributed by atoms with E-state index in [9.17, 15) is 4.79 Å². The molecule has 4 aromatic rings. The SMILES string of the molecule is CC(Cc1c[nH]c2ccccc12)NC(=O)Cn1ccc2ccc(Br)cc21. The Kier molecular flexibility index (Phi) is 4.55. The lowest BCUT2D eigenvalue weighted by molar-refractivity contribution is -0.122. The third-order valence-corrected chi connectivity index (χ3v) is 5.15. The minimum Gasteiger partial charge on any atom is -0.361 e. The van der Waals surface area contributed by atoms with E-state index in [0.717, 1.165) is 27.3 Å². The maximum absolute atomic E-state index is 12.5. The fourth-order valence-corrected chi connectivity index (χ4v) is 3.80. The number of H-pyrrole nitrogens is 1. The van der Waals surface area contributed by atoms with Gasteiger partial charge in [-0.3, -0.25) is 4.79 Å². The van der Waals surface area contributed by atoms with Gasteiger partial charge in [-0.05, 0) is 48.6 Å². The Hall–Kier alpha value is -2.53. The van der Waals surface area contributed by atoms with Crippen LogP contribution in [-0.2, 0) is 17.8 Å². The first kappa shape index (κ1) is 16.9. The zero-order valence-corrected chi connectivity index (χ0v) is 16.1. The number of hydrogen-bond donors (Lipinski definition) is 2. The molecule has 1 amide bonds. The first-order chi connectivity index (χ1) is 12.6. The lowest BCUT2D eigenvalue weighted by Crippen LogP contribution is -2.36. The number of carbonyl (C=O) groups is 1. The standard InChI is InChI=1S/C21H20BrN3O/c1-14(10-16-12-23-19-5-3-2-4-18(16)19)24-21(26)13-25-9-8-15-6-7-17(22)11-20(15)25/h2-9,11-12,14,23H,10,13H2,1H3,(H,24,26). The molecule has 0 fully saturated rings. The van der Waals surface area contributed by atoms with Crippen LogP contribution in [0, 0.1) is 0 Å². The van der Waals surface area contributed by atoms with Gasteiger partial charge < -0.3 is 14.9 Å². The van der Waals surface area contributed by atoms with E-state index in [1.54, 1.807) is 0 Å². The molecule has 0 aliphatic heterocycles. The summed E-state index contributed by atoms with van der Waals surface area (Å²) in [4.78, 5) is 15.8. The summed E-state index contributed by atoms with van der Waals surface area (Å²) in [6, 6.07) is 16.4. The monoisotopic (exact) mass is 409 g/mol. The van der Waals surface area contributed by atoms with Gasteiger partial charge in [-0.25, -0.2) is 0 Å². The number of carbonyl (C=O) groups excluding carboxylic acids is 1. The highest BCUT2D eigenvalue weighted by atomic mass is 79.9. The van der Waals surface area contributed by atoms with Gasteiger partial charge in [-0.2, -0.15) is 0 Å². The van der Waals surface area contributed by atoms with Crippen LogP contribution in [0.15, 0.2) is 65.4 Å². The number of fused-ring (bicyclic) bond motifs is 2. The van der Waals surface area contributed by atoms with Crippen molar-refractivity contribution in [1.29, 1.82) is 0 Å². The van der Waals surface area contributed by atoms with Crippen LogP contribution in [0.3, 0.4) is 0 Å². The van der Waals surface area contributed by atoms with Crippen LogP contribution < -0.4 is 5.32 Å². The molecule has 0 radical (unpaired) electrons. The highest BCUT2D eigenvalue weighted by molar-refractivity contribution is 9.10. The van der Waals surface area contributed by atoms with E-state index in [1.165, 1.54) is 10.9 Å². The second kappa shape index (κ2) is 7.00. The molecule has 2 aromatic carbocycles. The molecule has 0 bridgehead atoms. The van der Waals surface area contributed by atoms with Crippen LogP contribution in [0.2, 0.25) is 0 Å². The number of aromatic nitrogens is 2. The molecule has 5 heteroatoms. The zero-order chi connectivity index (χ0) is 18.1. The van der Waals surface area contributed by atoms with Crippen molar-refractivity contribution >= 4 is 43.6 Å². The molecular formula is C21H20BrN3O. The summed E-state index contributed by atoms with van der Waals surface area (Å²) < 4.78 is 2.99. The average molecular weight is 410 g/mol. The molecule has 2 heterocycles.